The van der Waals surface area contributed by atoms with Gasteiger partial charge in [0, 0.05) is 56.7 Å². The van der Waals surface area contributed by atoms with E-state index >= 15 is 0 Å². The van der Waals surface area contributed by atoms with E-state index in [9.17, 15) is 9.18 Å². The summed E-state index contributed by atoms with van der Waals surface area (Å²) in [5, 5.41) is 12.1. The van der Waals surface area contributed by atoms with Crippen LogP contribution in [0.25, 0.3) is 54.9 Å². The fraction of sp³-hybridized carbons (Fsp3) is 0.143. The van der Waals surface area contributed by atoms with Crippen molar-refractivity contribution >= 4 is 44.9 Å². The monoisotopic (exact) mass is 510 g/mol. The molecule has 0 atom stereocenters. The molecule has 3 N–H and O–H groups in total. The first kappa shape index (κ1) is 23.1. The number of nitrogens with zero attached hydrogens (tertiary/aromatic N) is 3. The number of aromatic amines is 2. The summed E-state index contributed by atoms with van der Waals surface area (Å²) in [6.07, 6.45) is 7.45. The molecule has 9 heteroatoms. The Morgan fingerprint density at radius 3 is 2.78 bits per heavy atom. The molecular weight excluding hydrogens is 487 g/mol. The first-order valence-electron chi connectivity index (χ1n) is 12.1. The molecule has 37 heavy (non-hydrogen) atoms. The fourth-order valence-corrected chi connectivity index (χ4v) is 5.22. The number of anilines is 1. The van der Waals surface area contributed by atoms with Gasteiger partial charge in [0.15, 0.2) is 10.8 Å². The van der Waals surface area contributed by atoms with Crippen molar-refractivity contribution in [3.63, 3.8) is 0 Å². The second kappa shape index (κ2) is 9.59. The highest BCUT2D eigenvalue weighted by atomic mass is 32.1. The SMILES string of the molecule is CCCCC(=O)Nc1cncc(-c2cnc3n[nH]c(-c4cc5c(-c6ccc(F)s6)cccc5[nH]4)c3c2)c1. The average molecular weight is 511 g/mol. The van der Waals surface area contributed by atoms with Crippen LogP contribution >= 0.6 is 11.3 Å². The summed E-state index contributed by atoms with van der Waals surface area (Å²) in [6, 6.07) is 15.2. The van der Waals surface area contributed by atoms with Gasteiger partial charge in [0.2, 0.25) is 5.91 Å². The van der Waals surface area contributed by atoms with Crippen LogP contribution < -0.4 is 5.32 Å². The second-order valence-electron chi connectivity index (χ2n) is 8.86. The molecule has 7 nitrogen and oxygen atoms in total. The summed E-state index contributed by atoms with van der Waals surface area (Å²) in [5.74, 6) is -0.0186. The number of thiophene rings is 1. The standard InChI is InChI=1S/C28H23FN6OS/c1-2-3-7-26(36)32-18-10-16(13-30-15-18)17-11-21-27(34-35-28(21)31-14-17)23-12-20-19(5-4-6-22(20)33-23)24-8-9-25(29)37-24/h4-6,8-15,33H,2-3,7H2,1H3,(H,32,36)(H,31,34,35). The number of hydrogen-bond donors (Lipinski definition) is 3. The van der Waals surface area contributed by atoms with Gasteiger partial charge in [-0.25, -0.2) is 4.98 Å². The van der Waals surface area contributed by atoms with Gasteiger partial charge in [-0.3, -0.25) is 14.9 Å². The molecule has 6 rings (SSSR count). The number of nitrogens with one attached hydrogen (secondary N) is 3. The number of unbranched alkanes of at least 4 members (excludes halogenated alkanes) is 1. The van der Waals surface area contributed by atoms with E-state index in [0.717, 1.165) is 73.4 Å². The molecule has 0 radical (unpaired) electrons. The van der Waals surface area contributed by atoms with Gasteiger partial charge in [-0.05, 0) is 42.8 Å². The highest BCUT2D eigenvalue weighted by Gasteiger charge is 2.15. The Kier molecular flexibility index (Phi) is 5.97. The summed E-state index contributed by atoms with van der Waals surface area (Å²) in [5.41, 5.74) is 6.53. The van der Waals surface area contributed by atoms with Gasteiger partial charge in [-0.2, -0.15) is 9.49 Å². The topological polar surface area (TPSA) is 99.3 Å². The van der Waals surface area contributed by atoms with E-state index in [2.05, 4.69) is 43.5 Å². The number of H-pyrrole nitrogens is 2. The van der Waals surface area contributed by atoms with Crippen molar-refractivity contribution in [3.05, 3.63) is 72.3 Å². The first-order chi connectivity index (χ1) is 18.1. The van der Waals surface area contributed by atoms with Crippen LogP contribution in [-0.4, -0.2) is 31.1 Å². The molecule has 0 unspecified atom stereocenters. The maximum atomic E-state index is 13.7. The molecule has 0 aliphatic carbocycles. The van der Waals surface area contributed by atoms with E-state index in [0.29, 0.717) is 17.8 Å². The lowest BCUT2D eigenvalue weighted by molar-refractivity contribution is -0.116. The van der Waals surface area contributed by atoms with E-state index in [1.165, 1.54) is 6.07 Å². The molecule has 1 amide bonds. The van der Waals surface area contributed by atoms with E-state index < -0.39 is 0 Å². The maximum absolute atomic E-state index is 13.7. The van der Waals surface area contributed by atoms with E-state index in [4.69, 9.17) is 0 Å². The van der Waals surface area contributed by atoms with Crippen LogP contribution in [0, 0.1) is 5.13 Å². The summed E-state index contributed by atoms with van der Waals surface area (Å²) in [4.78, 5) is 25.4. The van der Waals surface area contributed by atoms with Gasteiger partial charge in [0.1, 0.15) is 0 Å². The minimum absolute atomic E-state index is 0.0186. The quantitative estimate of drug-likeness (QED) is 0.212. The highest BCUT2D eigenvalue weighted by molar-refractivity contribution is 7.14. The number of hydrogen-bond acceptors (Lipinski definition) is 5. The summed E-state index contributed by atoms with van der Waals surface area (Å²) >= 11 is 1.13. The largest absolute Gasteiger partial charge is 0.353 e. The van der Waals surface area contributed by atoms with Crippen molar-refractivity contribution in [3.8, 4) is 33.0 Å². The molecule has 0 saturated heterocycles. The fourth-order valence-electron chi connectivity index (χ4n) is 4.45. The number of carbonyl (C=O) groups is 1. The lowest BCUT2D eigenvalue weighted by Gasteiger charge is -2.07. The molecule has 5 aromatic heterocycles. The van der Waals surface area contributed by atoms with Crippen LogP contribution in [0.2, 0.25) is 0 Å². The normalized spacial score (nSPS) is 11.4. The van der Waals surface area contributed by atoms with Crippen LogP contribution in [0.1, 0.15) is 26.2 Å². The van der Waals surface area contributed by atoms with Gasteiger partial charge in [0.05, 0.1) is 23.3 Å². The highest BCUT2D eigenvalue weighted by Crippen LogP contribution is 2.37. The van der Waals surface area contributed by atoms with Gasteiger partial charge >= 0.3 is 0 Å². The second-order valence-corrected chi connectivity index (χ2v) is 9.90. The van der Waals surface area contributed by atoms with Crippen molar-refractivity contribution in [2.24, 2.45) is 0 Å². The number of rotatable bonds is 7. The molecule has 0 spiro atoms. The average Bonchev–Trinajstić information content (AvgIpc) is 3.64. The summed E-state index contributed by atoms with van der Waals surface area (Å²) in [7, 11) is 0. The van der Waals surface area contributed by atoms with Crippen LogP contribution in [0.15, 0.2) is 67.1 Å². The minimum atomic E-state index is -0.208. The smallest absolute Gasteiger partial charge is 0.224 e. The molecule has 0 bridgehead atoms. The van der Waals surface area contributed by atoms with Gasteiger partial charge in [-0.15, -0.1) is 11.3 Å². The van der Waals surface area contributed by atoms with Crippen LogP contribution in [-0.2, 0) is 4.79 Å². The number of carbonyl (C=O) groups excluding carboxylic acids is 1. The minimum Gasteiger partial charge on any atom is -0.353 e. The van der Waals surface area contributed by atoms with E-state index in [1.54, 1.807) is 24.7 Å². The van der Waals surface area contributed by atoms with Crippen molar-refractivity contribution < 1.29 is 9.18 Å². The Labute approximate surface area is 215 Å². The Morgan fingerprint density at radius 1 is 1.05 bits per heavy atom. The Balaban J connectivity index is 1.37. The molecule has 0 fully saturated rings. The van der Waals surface area contributed by atoms with Crippen LogP contribution in [0.5, 0.6) is 0 Å². The molecule has 1 aromatic carbocycles. The molecule has 6 aromatic rings. The zero-order valence-electron chi connectivity index (χ0n) is 20.0. The number of halogens is 1. The van der Waals surface area contributed by atoms with Crippen molar-refractivity contribution in [1.29, 1.82) is 0 Å². The molecular formula is C28H23FN6OS. The van der Waals surface area contributed by atoms with Crippen molar-refractivity contribution in [1.82, 2.24) is 25.1 Å². The Hall–Kier alpha value is -4.37. The number of fused-ring (bicyclic) bond motifs is 2. The zero-order chi connectivity index (χ0) is 25.4. The van der Waals surface area contributed by atoms with Gasteiger partial charge < -0.3 is 10.3 Å². The predicted molar refractivity (Wildman–Crippen MR) is 146 cm³/mol. The number of benzene rings is 1. The third-order valence-corrected chi connectivity index (χ3v) is 7.20. The predicted octanol–water partition coefficient (Wildman–Crippen LogP) is 7.16. The molecule has 0 saturated carbocycles. The molecule has 0 aliphatic heterocycles. The lowest BCUT2D eigenvalue weighted by atomic mass is 10.1. The lowest BCUT2D eigenvalue weighted by Crippen LogP contribution is -2.11. The van der Waals surface area contributed by atoms with Crippen molar-refractivity contribution in [2.45, 2.75) is 26.2 Å². The number of pyridine rings is 2. The molecule has 184 valence electrons. The van der Waals surface area contributed by atoms with E-state index in [1.807, 2.05) is 30.3 Å². The summed E-state index contributed by atoms with van der Waals surface area (Å²) in [6.45, 7) is 2.06. The molecule has 0 aliphatic rings. The zero-order valence-corrected chi connectivity index (χ0v) is 20.8. The Morgan fingerprint density at radius 2 is 1.95 bits per heavy atom. The first-order valence-corrected chi connectivity index (χ1v) is 12.9. The third kappa shape index (κ3) is 4.49. The summed E-state index contributed by atoms with van der Waals surface area (Å²) < 4.78 is 13.7. The van der Waals surface area contributed by atoms with Crippen LogP contribution in [0.3, 0.4) is 0 Å². The number of amides is 1. The van der Waals surface area contributed by atoms with Gasteiger partial charge in [-0.1, -0.05) is 25.5 Å². The van der Waals surface area contributed by atoms with Gasteiger partial charge in [0.25, 0.3) is 0 Å². The van der Waals surface area contributed by atoms with Crippen LogP contribution in [0.4, 0.5) is 10.1 Å². The molecule has 5 heterocycles. The Bertz CT molecular complexity index is 1750. The maximum Gasteiger partial charge on any atom is 0.224 e. The number of aromatic nitrogens is 5. The third-order valence-electron chi connectivity index (χ3n) is 6.29. The van der Waals surface area contributed by atoms with E-state index in [-0.39, 0.29) is 11.0 Å². The van der Waals surface area contributed by atoms with Crippen molar-refractivity contribution in [2.75, 3.05) is 5.32 Å².